The number of rotatable bonds is 5. The highest BCUT2D eigenvalue weighted by Crippen LogP contribution is 2.28. The second-order valence-corrected chi connectivity index (χ2v) is 8.24. The lowest BCUT2D eigenvalue weighted by atomic mass is 10.1. The molecule has 0 aromatic heterocycles. The Bertz CT molecular complexity index is 716. The molecule has 0 N–H and O–H groups in total. The van der Waals surface area contributed by atoms with Crippen LogP contribution in [0.2, 0.25) is 0 Å². The van der Waals surface area contributed by atoms with E-state index < -0.39 is 11.9 Å². The molecule has 0 saturated carbocycles. The first-order valence-electron chi connectivity index (χ1n) is 9.97. The van der Waals surface area contributed by atoms with Gasteiger partial charge in [-0.3, -0.25) is 14.4 Å². The lowest BCUT2D eigenvalue weighted by molar-refractivity contribution is -0.155. The van der Waals surface area contributed by atoms with Gasteiger partial charge in [0, 0.05) is 36.6 Å². The summed E-state index contributed by atoms with van der Waals surface area (Å²) in [5.74, 6) is -1.21. The summed E-state index contributed by atoms with van der Waals surface area (Å²) in [4.78, 5) is 41.7. The Morgan fingerprint density at radius 1 is 1.14 bits per heavy atom. The van der Waals surface area contributed by atoms with Crippen LogP contribution in [0.5, 0.6) is 0 Å². The van der Waals surface area contributed by atoms with Crippen LogP contribution < -0.4 is 4.90 Å². The second kappa shape index (κ2) is 9.96. The Morgan fingerprint density at radius 2 is 1.86 bits per heavy atom. The molecule has 0 unspecified atom stereocenters. The van der Waals surface area contributed by atoms with E-state index in [9.17, 15) is 14.4 Å². The van der Waals surface area contributed by atoms with Crippen molar-refractivity contribution in [1.82, 2.24) is 4.90 Å². The molecule has 1 aromatic carbocycles. The monoisotopic (exact) mass is 404 g/mol. The number of esters is 1. The number of benzene rings is 1. The number of hydrogen-bond donors (Lipinski definition) is 0. The van der Waals surface area contributed by atoms with Gasteiger partial charge < -0.3 is 14.5 Å². The minimum atomic E-state index is -0.523. The van der Waals surface area contributed by atoms with Crippen LogP contribution in [0, 0.1) is 5.92 Å². The minimum Gasteiger partial charge on any atom is -0.455 e. The van der Waals surface area contributed by atoms with Gasteiger partial charge in [0.2, 0.25) is 5.91 Å². The zero-order valence-electron chi connectivity index (χ0n) is 16.4. The molecule has 6 nitrogen and oxygen atoms in total. The Morgan fingerprint density at radius 3 is 2.57 bits per heavy atom. The Kier molecular flexibility index (Phi) is 7.36. The van der Waals surface area contributed by atoms with Gasteiger partial charge in [-0.1, -0.05) is 25.3 Å². The lowest BCUT2D eigenvalue weighted by Gasteiger charge is -2.24. The Balaban J connectivity index is 1.52. The SMILES string of the molecule is CSc1cccc(N2C[C@H](C(=O)OCC(=O)N3CCCCCCC3)CC2=O)c1. The smallest absolute Gasteiger partial charge is 0.311 e. The highest BCUT2D eigenvalue weighted by atomic mass is 32.2. The molecule has 28 heavy (non-hydrogen) atoms. The molecule has 152 valence electrons. The number of amides is 2. The zero-order chi connectivity index (χ0) is 19.9. The van der Waals surface area contributed by atoms with Crippen molar-refractivity contribution in [2.45, 2.75) is 43.4 Å². The average molecular weight is 405 g/mol. The van der Waals surface area contributed by atoms with E-state index in [1.807, 2.05) is 30.5 Å². The molecule has 0 bridgehead atoms. The van der Waals surface area contributed by atoms with Crippen molar-refractivity contribution in [3.8, 4) is 0 Å². The number of carbonyl (C=O) groups is 3. The van der Waals surface area contributed by atoms with Crippen LogP contribution in [-0.4, -0.2) is 55.2 Å². The van der Waals surface area contributed by atoms with Crippen molar-refractivity contribution in [2.24, 2.45) is 5.92 Å². The predicted molar refractivity (Wildman–Crippen MR) is 109 cm³/mol. The van der Waals surface area contributed by atoms with E-state index >= 15 is 0 Å². The van der Waals surface area contributed by atoms with Crippen LogP contribution in [0.4, 0.5) is 5.69 Å². The standard InChI is InChI=1S/C21H28N2O4S/c1-28-18-9-7-8-17(13-18)23-14-16(12-19(23)24)21(26)27-15-20(25)22-10-5-3-2-4-6-11-22/h7-9,13,16H,2-6,10-12,14-15H2,1H3/t16-/m1/s1. The quantitative estimate of drug-likeness (QED) is 0.557. The number of hydrogen-bond acceptors (Lipinski definition) is 5. The van der Waals surface area contributed by atoms with Crippen LogP contribution in [-0.2, 0) is 19.1 Å². The summed E-state index contributed by atoms with van der Waals surface area (Å²) < 4.78 is 5.28. The lowest BCUT2D eigenvalue weighted by Crippen LogP contribution is -2.37. The predicted octanol–water partition coefficient (Wildman–Crippen LogP) is 3.10. The molecular weight excluding hydrogens is 376 g/mol. The number of ether oxygens (including phenoxy) is 1. The fourth-order valence-electron chi connectivity index (χ4n) is 3.73. The van der Waals surface area contributed by atoms with Gasteiger partial charge in [-0.2, -0.15) is 0 Å². The van der Waals surface area contributed by atoms with Gasteiger partial charge in [0.25, 0.3) is 5.91 Å². The maximum atomic E-state index is 12.4. The molecule has 2 heterocycles. The van der Waals surface area contributed by atoms with E-state index in [1.54, 1.807) is 21.6 Å². The first-order valence-corrected chi connectivity index (χ1v) is 11.2. The van der Waals surface area contributed by atoms with Crippen LogP contribution in [0.15, 0.2) is 29.2 Å². The summed E-state index contributed by atoms with van der Waals surface area (Å²) in [7, 11) is 0. The number of carbonyl (C=O) groups excluding carboxylic acids is 3. The highest BCUT2D eigenvalue weighted by molar-refractivity contribution is 7.98. The van der Waals surface area contributed by atoms with Gasteiger partial charge in [0.15, 0.2) is 6.61 Å². The zero-order valence-corrected chi connectivity index (χ0v) is 17.2. The summed E-state index contributed by atoms with van der Waals surface area (Å²) >= 11 is 1.61. The van der Waals surface area contributed by atoms with Crippen LogP contribution in [0.25, 0.3) is 0 Å². The van der Waals surface area contributed by atoms with Crippen molar-refractivity contribution in [3.63, 3.8) is 0 Å². The van der Waals surface area contributed by atoms with E-state index in [4.69, 9.17) is 4.74 Å². The molecule has 2 aliphatic rings. The van der Waals surface area contributed by atoms with E-state index in [0.29, 0.717) is 6.54 Å². The molecule has 7 heteroatoms. The van der Waals surface area contributed by atoms with Gasteiger partial charge in [-0.25, -0.2) is 0 Å². The second-order valence-electron chi connectivity index (χ2n) is 7.36. The molecule has 2 amide bonds. The summed E-state index contributed by atoms with van der Waals surface area (Å²) in [5, 5.41) is 0. The molecule has 1 atom stereocenters. The number of likely N-dealkylation sites (tertiary alicyclic amines) is 1. The van der Waals surface area contributed by atoms with E-state index in [1.165, 1.54) is 6.42 Å². The fraction of sp³-hybridized carbons (Fsp3) is 0.571. The third kappa shape index (κ3) is 5.28. The largest absolute Gasteiger partial charge is 0.455 e. The molecule has 2 fully saturated rings. The molecule has 1 aromatic rings. The summed E-state index contributed by atoms with van der Waals surface area (Å²) in [6.45, 7) is 1.54. The average Bonchev–Trinajstić information content (AvgIpc) is 3.07. The summed E-state index contributed by atoms with van der Waals surface area (Å²) in [5.41, 5.74) is 0.795. The van der Waals surface area contributed by atoms with Gasteiger partial charge in [-0.15, -0.1) is 11.8 Å². The molecule has 0 radical (unpaired) electrons. The number of thioether (sulfide) groups is 1. The van der Waals surface area contributed by atoms with Gasteiger partial charge in [0.05, 0.1) is 5.92 Å². The van der Waals surface area contributed by atoms with Crippen molar-refractivity contribution in [3.05, 3.63) is 24.3 Å². The molecule has 2 aliphatic heterocycles. The third-order valence-corrected chi connectivity index (χ3v) is 6.10. The van der Waals surface area contributed by atoms with Crippen molar-refractivity contribution < 1.29 is 19.1 Å². The Hall–Kier alpha value is -2.02. The summed E-state index contributed by atoms with van der Waals surface area (Å²) in [6.07, 6.45) is 7.61. The van der Waals surface area contributed by atoms with Gasteiger partial charge in [-0.05, 0) is 37.3 Å². The normalized spacial score (nSPS) is 20.6. The molecule has 3 rings (SSSR count). The van der Waals surface area contributed by atoms with Crippen molar-refractivity contribution in [2.75, 3.05) is 37.4 Å². The maximum Gasteiger partial charge on any atom is 0.311 e. The van der Waals surface area contributed by atoms with Crippen LogP contribution in [0.3, 0.4) is 0 Å². The highest BCUT2D eigenvalue weighted by Gasteiger charge is 2.36. The Labute approximate surface area is 170 Å². The molecular formula is C21H28N2O4S. The minimum absolute atomic E-state index is 0.0877. The molecule has 2 saturated heterocycles. The fourth-order valence-corrected chi connectivity index (χ4v) is 4.19. The third-order valence-electron chi connectivity index (χ3n) is 5.37. The number of nitrogens with zero attached hydrogens (tertiary/aromatic N) is 2. The van der Waals surface area contributed by atoms with E-state index in [2.05, 4.69) is 0 Å². The maximum absolute atomic E-state index is 12.4. The van der Waals surface area contributed by atoms with Gasteiger partial charge >= 0.3 is 5.97 Å². The molecule has 0 aliphatic carbocycles. The number of anilines is 1. The van der Waals surface area contributed by atoms with Crippen LogP contribution >= 0.6 is 11.8 Å². The summed E-state index contributed by atoms with van der Waals surface area (Å²) in [6, 6.07) is 7.71. The first-order chi connectivity index (χ1) is 13.6. The van der Waals surface area contributed by atoms with Crippen LogP contribution in [0.1, 0.15) is 38.5 Å². The van der Waals surface area contributed by atoms with Gasteiger partial charge in [0.1, 0.15) is 0 Å². The first kappa shape index (κ1) is 20.7. The topological polar surface area (TPSA) is 66.9 Å². The van der Waals surface area contributed by atoms with E-state index in [0.717, 1.165) is 49.4 Å². The van der Waals surface area contributed by atoms with Crippen molar-refractivity contribution >= 4 is 35.2 Å². The van der Waals surface area contributed by atoms with E-state index in [-0.39, 0.29) is 24.8 Å². The van der Waals surface area contributed by atoms with Crippen molar-refractivity contribution in [1.29, 1.82) is 0 Å². The molecule has 0 spiro atoms.